The van der Waals surface area contributed by atoms with Crippen molar-refractivity contribution in [3.8, 4) is 23.0 Å². The first-order valence-electron chi connectivity index (χ1n) is 7.41. The first-order chi connectivity index (χ1) is 12.1. The summed E-state index contributed by atoms with van der Waals surface area (Å²) < 4.78 is 21.0. The van der Waals surface area contributed by atoms with Crippen molar-refractivity contribution in [1.29, 1.82) is 0 Å². The zero-order valence-corrected chi connectivity index (χ0v) is 14.6. The van der Waals surface area contributed by atoms with Crippen molar-refractivity contribution in [2.75, 3.05) is 33.8 Å². The Morgan fingerprint density at radius 3 is 1.92 bits per heavy atom. The van der Waals surface area contributed by atoms with Crippen LogP contribution in [-0.2, 0) is 0 Å². The monoisotopic (exact) mass is 346 g/mol. The molecule has 0 bridgehead atoms. The number of benzene rings is 2. The van der Waals surface area contributed by atoms with Crippen LogP contribution in [0, 0.1) is 0 Å². The van der Waals surface area contributed by atoms with Gasteiger partial charge in [0.25, 0.3) is 0 Å². The summed E-state index contributed by atoms with van der Waals surface area (Å²) in [6.07, 6.45) is 0. The number of nitrogens with zero attached hydrogens (tertiary/aromatic N) is 1. The largest absolute Gasteiger partial charge is 0.493 e. The molecule has 0 saturated heterocycles. The number of hydrazine groups is 1. The van der Waals surface area contributed by atoms with Crippen LogP contribution in [0.15, 0.2) is 41.4 Å². The van der Waals surface area contributed by atoms with E-state index in [2.05, 4.69) is 15.7 Å². The van der Waals surface area contributed by atoms with Gasteiger partial charge in [-0.05, 0) is 24.3 Å². The summed E-state index contributed by atoms with van der Waals surface area (Å²) in [5.74, 6) is 8.33. The van der Waals surface area contributed by atoms with Gasteiger partial charge in [0.1, 0.15) is 0 Å². The smallest absolute Gasteiger partial charge is 0.215 e. The molecule has 8 nitrogen and oxygen atoms in total. The van der Waals surface area contributed by atoms with E-state index < -0.39 is 0 Å². The molecule has 0 atom stereocenters. The summed E-state index contributed by atoms with van der Waals surface area (Å²) in [6, 6.07) is 10.7. The zero-order chi connectivity index (χ0) is 18.2. The second-order valence-electron chi connectivity index (χ2n) is 4.84. The lowest BCUT2D eigenvalue weighted by Crippen LogP contribution is -2.35. The van der Waals surface area contributed by atoms with Crippen LogP contribution >= 0.6 is 0 Å². The molecule has 0 unspecified atom stereocenters. The second-order valence-corrected chi connectivity index (χ2v) is 4.84. The van der Waals surface area contributed by atoms with E-state index in [1.165, 1.54) is 0 Å². The summed E-state index contributed by atoms with van der Waals surface area (Å²) in [6.45, 7) is 0. The van der Waals surface area contributed by atoms with Gasteiger partial charge in [0.2, 0.25) is 5.96 Å². The molecule has 4 N–H and O–H groups in total. The molecular formula is C17H22N4O4. The Balaban J connectivity index is 2.26. The molecule has 2 rings (SSSR count). The molecule has 0 spiro atoms. The van der Waals surface area contributed by atoms with Gasteiger partial charge in [0.15, 0.2) is 23.0 Å². The number of ether oxygens (including phenoxy) is 4. The molecule has 0 radical (unpaired) electrons. The van der Waals surface area contributed by atoms with Crippen LogP contribution in [0.3, 0.4) is 0 Å². The third kappa shape index (κ3) is 4.45. The minimum absolute atomic E-state index is 0.347. The molecule has 134 valence electrons. The summed E-state index contributed by atoms with van der Waals surface area (Å²) >= 11 is 0. The Kier molecular flexibility index (Phi) is 6.30. The fraction of sp³-hybridized carbons (Fsp3) is 0.235. The Morgan fingerprint density at radius 2 is 1.36 bits per heavy atom. The topological polar surface area (TPSA) is 99.4 Å². The molecule has 2 aromatic rings. The Morgan fingerprint density at radius 1 is 0.800 bits per heavy atom. The number of nitrogens with two attached hydrogens (primary N) is 1. The maximum absolute atomic E-state index is 5.57. The molecule has 0 fully saturated rings. The van der Waals surface area contributed by atoms with Gasteiger partial charge in [0, 0.05) is 17.8 Å². The molecule has 2 aromatic carbocycles. The number of hydrogen-bond acceptors (Lipinski definition) is 6. The molecule has 0 heterocycles. The maximum Gasteiger partial charge on any atom is 0.215 e. The number of anilines is 1. The highest BCUT2D eigenvalue weighted by Gasteiger charge is 2.08. The SMILES string of the molecule is COc1ccc(N=C(NN)Nc2ccc(OC)c(OC)c2)cc1OC. The minimum atomic E-state index is 0.347. The molecule has 8 heteroatoms. The molecule has 0 aliphatic carbocycles. The average molecular weight is 346 g/mol. The highest BCUT2D eigenvalue weighted by molar-refractivity contribution is 5.95. The quantitative estimate of drug-likeness (QED) is 0.319. The summed E-state index contributed by atoms with van der Waals surface area (Å²) in [7, 11) is 6.29. The van der Waals surface area contributed by atoms with Crippen LogP contribution in [0.5, 0.6) is 23.0 Å². The number of rotatable bonds is 6. The van der Waals surface area contributed by atoms with Crippen LogP contribution < -0.4 is 35.5 Å². The van der Waals surface area contributed by atoms with Gasteiger partial charge in [-0.25, -0.2) is 10.8 Å². The molecule has 0 aliphatic heterocycles. The molecular weight excluding hydrogens is 324 g/mol. The molecule has 0 saturated carbocycles. The van der Waals surface area contributed by atoms with E-state index in [0.29, 0.717) is 34.6 Å². The summed E-state index contributed by atoms with van der Waals surface area (Å²) in [5.41, 5.74) is 3.89. The van der Waals surface area contributed by atoms with Gasteiger partial charge in [-0.3, -0.25) is 5.43 Å². The predicted octanol–water partition coefficient (Wildman–Crippen LogP) is 2.28. The lowest BCUT2D eigenvalue weighted by molar-refractivity contribution is 0.355. The highest BCUT2D eigenvalue weighted by atomic mass is 16.5. The molecule has 0 amide bonds. The van der Waals surface area contributed by atoms with E-state index in [1.807, 2.05) is 6.07 Å². The Labute approximate surface area is 146 Å². The van der Waals surface area contributed by atoms with E-state index >= 15 is 0 Å². The third-order valence-electron chi connectivity index (χ3n) is 3.39. The predicted molar refractivity (Wildman–Crippen MR) is 97.1 cm³/mol. The Bertz CT molecular complexity index is 749. The number of nitrogens with one attached hydrogen (secondary N) is 2. The number of methoxy groups -OCH3 is 4. The fourth-order valence-electron chi connectivity index (χ4n) is 2.17. The van der Waals surface area contributed by atoms with E-state index in [-0.39, 0.29) is 0 Å². The lowest BCUT2D eigenvalue weighted by Gasteiger charge is -2.13. The van der Waals surface area contributed by atoms with Crippen LogP contribution in [0.2, 0.25) is 0 Å². The molecule has 25 heavy (non-hydrogen) atoms. The van der Waals surface area contributed by atoms with Gasteiger partial charge in [-0.2, -0.15) is 0 Å². The molecule has 0 aromatic heterocycles. The van der Waals surface area contributed by atoms with Crippen molar-refractivity contribution < 1.29 is 18.9 Å². The summed E-state index contributed by atoms with van der Waals surface area (Å²) in [4.78, 5) is 4.42. The van der Waals surface area contributed by atoms with E-state index in [9.17, 15) is 0 Å². The van der Waals surface area contributed by atoms with E-state index in [4.69, 9.17) is 24.8 Å². The first kappa shape index (κ1) is 18.2. The van der Waals surface area contributed by atoms with Gasteiger partial charge >= 0.3 is 0 Å². The minimum Gasteiger partial charge on any atom is -0.493 e. The van der Waals surface area contributed by atoms with Crippen LogP contribution in [0.4, 0.5) is 11.4 Å². The van der Waals surface area contributed by atoms with Crippen molar-refractivity contribution in [3.63, 3.8) is 0 Å². The van der Waals surface area contributed by atoms with Crippen molar-refractivity contribution in [2.45, 2.75) is 0 Å². The lowest BCUT2D eigenvalue weighted by atomic mass is 10.2. The van der Waals surface area contributed by atoms with Crippen LogP contribution in [-0.4, -0.2) is 34.4 Å². The Hall–Kier alpha value is -3.13. The summed E-state index contributed by atoms with van der Waals surface area (Å²) in [5, 5.41) is 3.08. The normalized spacial score (nSPS) is 10.8. The van der Waals surface area contributed by atoms with Crippen molar-refractivity contribution in [1.82, 2.24) is 5.43 Å². The standard InChI is InChI=1S/C17H22N4O4/c1-22-13-7-5-11(9-15(13)24-3)19-17(21-18)20-12-6-8-14(23-2)16(10-12)25-4/h5-10H,18H2,1-4H3,(H2,19,20,21). The van der Waals surface area contributed by atoms with Crippen molar-refractivity contribution in [2.24, 2.45) is 10.8 Å². The van der Waals surface area contributed by atoms with Gasteiger partial charge in [0.05, 0.1) is 34.1 Å². The van der Waals surface area contributed by atoms with Crippen LogP contribution in [0.25, 0.3) is 0 Å². The van der Waals surface area contributed by atoms with Gasteiger partial charge < -0.3 is 24.3 Å². The maximum atomic E-state index is 5.57. The van der Waals surface area contributed by atoms with Gasteiger partial charge in [-0.1, -0.05) is 0 Å². The number of aliphatic imine (C=N–C) groups is 1. The zero-order valence-electron chi connectivity index (χ0n) is 14.6. The highest BCUT2D eigenvalue weighted by Crippen LogP contribution is 2.32. The first-order valence-corrected chi connectivity index (χ1v) is 7.41. The molecule has 0 aliphatic rings. The van der Waals surface area contributed by atoms with E-state index in [1.54, 1.807) is 58.8 Å². The average Bonchev–Trinajstić information content (AvgIpc) is 2.66. The van der Waals surface area contributed by atoms with Gasteiger partial charge in [-0.15, -0.1) is 0 Å². The third-order valence-corrected chi connectivity index (χ3v) is 3.39. The van der Waals surface area contributed by atoms with Crippen LogP contribution in [0.1, 0.15) is 0 Å². The second kappa shape index (κ2) is 8.65. The van der Waals surface area contributed by atoms with E-state index in [0.717, 1.165) is 5.69 Å². The fourth-order valence-corrected chi connectivity index (χ4v) is 2.17. The van der Waals surface area contributed by atoms with Crippen molar-refractivity contribution in [3.05, 3.63) is 36.4 Å². The number of hydrogen-bond donors (Lipinski definition) is 3. The van der Waals surface area contributed by atoms with Crippen molar-refractivity contribution >= 4 is 17.3 Å². The number of guanidine groups is 1.